The summed E-state index contributed by atoms with van der Waals surface area (Å²) in [5.74, 6) is 0.400. The van der Waals surface area contributed by atoms with E-state index in [2.05, 4.69) is 9.97 Å². The van der Waals surface area contributed by atoms with Crippen molar-refractivity contribution in [2.45, 2.75) is 13.3 Å². The van der Waals surface area contributed by atoms with Gasteiger partial charge in [-0.15, -0.1) is 0 Å². The van der Waals surface area contributed by atoms with Crippen LogP contribution in [0.5, 0.6) is 23.1 Å². The molecule has 6 nitrogen and oxygen atoms in total. The maximum atomic E-state index is 12.3. The highest BCUT2D eigenvalue weighted by molar-refractivity contribution is 5.44. The number of aromatic hydroxyl groups is 1. The molecule has 3 rings (SSSR count). The summed E-state index contributed by atoms with van der Waals surface area (Å²) >= 11 is 0. The first-order chi connectivity index (χ1) is 12.1. The second-order valence-electron chi connectivity index (χ2n) is 5.58. The number of aromatic nitrogens is 2. The van der Waals surface area contributed by atoms with Gasteiger partial charge in [0.15, 0.2) is 11.5 Å². The smallest absolute Gasteiger partial charge is 0.298 e. The summed E-state index contributed by atoms with van der Waals surface area (Å²) in [6.45, 7) is 2.00. The van der Waals surface area contributed by atoms with Crippen LogP contribution in [-0.4, -0.2) is 22.2 Å². The molecule has 0 saturated carbocycles. The molecule has 3 aromatic rings. The number of hydrogen-bond acceptors (Lipinski definition) is 5. The predicted molar refractivity (Wildman–Crippen MR) is 93.6 cm³/mol. The molecule has 2 N–H and O–H groups in total. The largest absolute Gasteiger partial charge is 0.493 e. The lowest BCUT2D eigenvalue weighted by molar-refractivity contribution is 0.356. The van der Waals surface area contributed by atoms with E-state index in [4.69, 9.17) is 9.47 Å². The molecule has 0 spiro atoms. The summed E-state index contributed by atoms with van der Waals surface area (Å²) in [5, 5.41) is 10.1. The fraction of sp³-hybridized carbons (Fsp3) is 0.158. The van der Waals surface area contributed by atoms with E-state index in [1.165, 1.54) is 7.11 Å². The van der Waals surface area contributed by atoms with E-state index in [9.17, 15) is 9.90 Å². The minimum absolute atomic E-state index is 0.267. The van der Waals surface area contributed by atoms with E-state index in [0.717, 1.165) is 11.1 Å². The van der Waals surface area contributed by atoms with Gasteiger partial charge >= 0.3 is 0 Å². The minimum Gasteiger partial charge on any atom is -0.493 e. The Kier molecular flexibility index (Phi) is 4.70. The normalized spacial score (nSPS) is 10.5. The topological polar surface area (TPSA) is 84.4 Å². The highest BCUT2D eigenvalue weighted by Crippen LogP contribution is 2.32. The van der Waals surface area contributed by atoms with Crippen molar-refractivity contribution < 1.29 is 14.6 Å². The Morgan fingerprint density at radius 3 is 2.40 bits per heavy atom. The Bertz CT molecular complexity index is 933. The van der Waals surface area contributed by atoms with Gasteiger partial charge in [0.05, 0.1) is 7.11 Å². The first-order valence-corrected chi connectivity index (χ1v) is 7.75. The van der Waals surface area contributed by atoms with Crippen LogP contribution in [0, 0.1) is 6.92 Å². The number of benzene rings is 2. The summed E-state index contributed by atoms with van der Waals surface area (Å²) in [7, 11) is 1.50. The molecule has 0 aliphatic rings. The molecule has 0 aliphatic carbocycles. The van der Waals surface area contributed by atoms with Crippen molar-refractivity contribution in [2.75, 3.05) is 7.11 Å². The summed E-state index contributed by atoms with van der Waals surface area (Å²) in [6, 6.07) is 14.7. The quantitative estimate of drug-likeness (QED) is 0.746. The SMILES string of the molecule is COc1ccccc1Oc1c(O)nc(Cc2ccc(C)cc2)[nH]c1=O. The van der Waals surface area contributed by atoms with Gasteiger partial charge in [-0.05, 0) is 24.6 Å². The first kappa shape index (κ1) is 16.6. The Morgan fingerprint density at radius 2 is 1.76 bits per heavy atom. The van der Waals surface area contributed by atoms with Crippen molar-refractivity contribution in [1.29, 1.82) is 0 Å². The van der Waals surface area contributed by atoms with Crippen molar-refractivity contribution >= 4 is 0 Å². The van der Waals surface area contributed by atoms with Gasteiger partial charge < -0.3 is 19.6 Å². The molecule has 0 aliphatic heterocycles. The molecular formula is C19H18N2O4. The molecular weight excluding hydrogens is 320 g/mol. The van der Waals surface area contributed by atoms with Crippen molar-refractivity contribution in [3.63, 3.8) is 0 Å². The fourth-order valence-electron chi connectivity index (χ4n) is 2.38. The summed E-state index contributed by atoms with van der Waals surface area (Å²) in [6.07, 6.45) is 0.401. The van der Waals surface area contributed by atoms with Crippen LogP contribution in [0.2, 0.25) is 0 Å². The zero-order valence-electron chi connectivity index (χ0n) is 13.9. The molecule has 25 heavy (non-hydrogen) atoms. The highest BCUT2D eigenvalue weighted by atomic mass is 16.5. The maximum Gasteiger partial charge on any atom is 0.298 e. The third kappa shape index (κ3) is 3.80. The molecule has 0 atom stereocenters. The molecule has 2 aromatic carbocycles. The molecule has 0 bridgehead atoms. The van der Waals surface area contributed by atoms with Crippen LogP contribution in [0.1, 0.15) is 17.0 Å². The Hall–Kier alpha value is -3.28. The maximum absolute atomic E-state index is 12.3. The third-order valence-corrected chi connectivity index (χ3v) is 3.68. The van der Waals surface area contributed by atoms with Crippen molar-refractivity contribution in [1.82, 2.24) is 9.97 Å². The van der Waals surface area contributed by atoms with Crippen molar-refractivity contribution in [3.8, 4) is 23.1 Å². The van der Waals surface area contributed by atoms with E-state index in [-0.39, 0.29) is 5.75 Å². The van der Waals surface area contributed by atoms with Crippen molar-refractivity contribution in [3.05, 3.63) is 75.8 Å². The van der Waals surface area contributed by atoms with Crippen LogP contribution in [0.4, 0.5) is 0 Å². The lowest BCUT2D eigenvalue weighted by Crippen LogP contribution is -2.14. The Morgan fingerprint density at radius 1 is 1.08 bits per heavy atom. The number of aromatic amines is 1. The first-order valence-electron chi connectivity index (χ1n) is 7.75. The van der Waals surface area contributed by atoms with Crippen LogP contribution < -0.4 is 15.0 Å². The Balaban J connectivity index is 1.87. The third-order valence-electron chi connectivity index (χ3n) is 3.68. The molecule has 0 unspecified atom stereocenters. The number of aryl methyl sites for hydroxylation is 1. The predicted octanol–water partition coefficient (Wildman–Crippen LogP) is 3.18. The second kappa shape index (κ2) is 7.09. The zero-order valence-corrected chi connectivity index (χ0v) is 13.9. The van der Waals surface area contributed by atoms with E-state index in [1.807, 2.05) is 31.2 Å². The molecule has 1 aromatic heterocycles. The van der Waals surface area contributed by atoms with E-state index < -0.39 is 11.4 Å². The summed E-state index contributed by atoms with van der Waals surface area (Å²) in [4.78, 5) is 19.0. The highest BCUT2D eigenvalue weighted by Gasteiger charge is 2.15. The van der Waals surface area contributed by atoms with Gasteiger partial charge in [0, 0.05) is 6.42 Å². The number of nitrogens with zero attached hydrogens (tertiary/aromatic N) is 1. The molecule has 6 heteroatoms. The number of rotatable bonds is 5. The molecule has 0 saturated heterocycles. The van der Waals surface area contributed by atoms with Gasteiger partial charge in [-0.1, -0.05) is 42.0 Å². The molecule has 0 radical (unpaired) electrons. The Labute approximate surface area is 144 Å². The van der Waals surface area contributed by atoms with E-state index in [1.54, 1.807) is 24.3 Å². The molecule has 0 fully saturated rings. The van der Waals surface area contributed by atoms with Gasteiger partial charge in [-0.3, -0.25) is 4.79 Å². The van der Waals surface area contributed by atoms with E-state index >= 15 is 0 Å². The minimum atomic E-state index is -0.555. The lowest BCUT2D eigenvalue weighted by Gasteiger charge is -2.10. The average molecular weight is 338 g/mol. The summed E-state index contributed by atoms with van der Waals surface area (Å²) in [5.41, 5.74) is 1.57. The van der Waals surface area contributed by atoms with Gasteiger partial charge in [0.25, 0.3) is 17.2 Å². The van der Waals surface area contributed by atoms with Crippen LogP contribution in [0.15, 0.2) is 53.3 Å². The zero-order chi connectivity index (χ0) is 17.8. The van der Waals surface area contributed by atoms with Crippen LogP contribution in [0.3, 0.4) is 0 Å². The van der Waals surface area contributed by atoms with Gasteiger partial charge in [0.1, 0.15) is 5.82 Å². The molecule has 1 heterocycles. The van der Waals surface area contributed by atoms with Gasteiger partial charge in [0.2, 0.25) is 0 Å². The van der Waals surface area contributed by atoms with Gasteiger partial charge in [-0.2, -0.15) is 4.98 Å². The second-order valence-corrected chi connectivity index (χ2v) is 5.58. The fourth-order valence-corrected chi connectivity index (χ4v) is 2.38. The molecule has 128 valence electrons. The molecule has 0 amide bonds. The number of H-pyrrole nitrogens is 1. The van der Waals surface area contributed by atoms with Crippen LogP contribution in [-0.2, 0) is 6.42 Å². The number of hydrogen-bond donors (Lipinski definition) is 2. The summed E-state index contributed by atoms with van der Waals surface area (Å²) < 4.78 is 10.7. The number of methoxy groups -OCH3 is 1. The van der Waals surface area contributed by atoms with E-state index in [0.29, 0.717) is 23.7 Å². The monoisotopic (exact) mass is 338 g/mol. The standard InChI is InChI=1S/C19H18N2O4/c1-12-7-9-13(10-8-12)11-16-20-18(22)17(19(23)21-16)25-15-6-4-3-5-14(15)24-2/h3-10H,11H2,1-2H3,(H2,20,21,22,23). The lowest BCUT2D eigenvalue weighted by atomic mass is 10.1. The van der Waals surface area contributed by atoms with Crippen LogP contribution >= 0.6 is 0 Å². The van der Waals surface area contributed by atoms with Crippen molar-refractivity contribution in [2.24, 2.45) is 0 Å². The number of para-hydroxylation sites is 2. The average Bonchev–Trinajstić information content (AvgIpc) is 2.60. The van der Waals surface area contributed by atoms with Crippen LogP contribution in [0.25, 0.3) is 0 Å². The van der Waals surface area contributed by atoms with Gasteiger partial charge in [-0.25, -0.2) is 0 Å². The number of nitrogens with one attached hydrogen (secondary N) is 1. The number of ether oxygens (including phenoxy) is 2.